The lowest BCUT2D eigenvalue weighted by Crippen LogP contribution is -2.55. The quantitative estimate of drug-likeness (QED) is 0.406. The fourth-order valence-corrected chi connectivity index (χ4v) is 3.59. The maximum atomic E-state index is 12.3. The molecule has 0 bridgehead atoms. The van der Waals surface area contributed by atoms with Gasteiger partial charge in [-0.15, -0.1) is 0 Å². The number of carbonyl (C=O) groups is 3. The third kappa shape index (κ3) is 6.07. The van der Waals surface area contributed by atoms with Crippen molar-refractivity contribution in [2.24, 2.45) is 17.8 Å². The van der Waals surface area contributed by atoms with Crippen molar-refractivity contribution in [2.75, 3.05) is 13.2 Å². The molecule has 1 aliphatic carbocycles. The summed E-state index contributed by atoms with van der Waals surface area (Å²) in [5.74, 6) is -2.54. The summed E-state index contributed by atoms with van der Waals surface area (Å²) in [7, 11) is 0. The highest BCUT2D eigenvalue weighted by Crippen LogP contribution is 2.46. The molecule has 174 valence electrons. The summed E-state index contributed by atoms with van der Waals surface area (Å²) in [6, 6.07) is 0. The van der Waals surface area contributed by atoms with Crippen LogP contribution in [0.5, 0.6) is 0 Å². The van der Waals surface area contributed by atoms with Gasteiger partial charge in [-0.2, -0.15) is 0 Å². The first-order valence-electron chi connectivity index (χ1n) is 10.4. The molecule has 2 aliphatic rings. The maximum absolute atomic E-state index is 12.3. The van der Waals surface area contributed by atoms with Crippen LogP contribution in [-0.4, -0.2) is 59.3 Å². The Hall–Kier alpha value is -2.39. The summed E-state index contributed by atoms with van der Waals surface area (Å²) in [6.45, 7) is 7.74. The van der Waals surface area contributed by atoms with Gasteiger partial charge in [-0.3, -0.25) is 14.4 Å². The second kappa shape index (κ2) is 10.3. The van der Waals surface area contributed by atoms with E-state index in [4.69, 9.17) is 18.9 Å². The third-order valence-electron chi connectivity index (χ3n) is 5.02. The predicted octanol–water partition coefficient (Wildman–Crippen LogP) is 1.62. The molecule has 4 unspecified atom stereocenters. The Balaban J connectivity index is 2.35. The molecule has 0 spiro atoms. The average Bonchev–Trinajstić information content (AvgIpc) is 2.93. The number of aliphatic hydroxyl groups is 2. The molecule has 0 amide bonds. The summed E-state index contributed by atoms with van der Waals surface area (Å²) in [6.07, 6.45) is 0.599. The molecule has 0 fully saturated rings. The number of hydrogen-bond acceptors (Lipinski definition) is 9. The second-order valence-electron chi connectivity index (χ2n) is 8.77. The summed E-state index contributed by atoms with van der Waals surface area (Å²) < 4.78 is 21.5. The van der Waals surface area contributed by atoms with Gasteiger partial charge in [-0.1, -0.05) is 27.7 Å². The van der Waals surface area contributed by atoms with Crippen molar-refractivity contribution < 1.29 is 43.5 Å². The zero-order valence-electron chi connectivity index (χ0n) is 18.6. The minimum absolute atomic E-state index is 0.0403. The van der Waals surface area contributed by atoms with Crippen molar-refractivity contribution in [2.45, 2.75) is 65.5 Å². The number of ether oxygens (including phenoxy) is 4. The van der Waals surface area contributed by atoms with Crippen LogP contribution in [0.2, 0.25) is 0 Å². The number of fused-ring (bicyclic) bond motifs is 1. The first kappa shape index (κ1) is 24.9. The molecular formula is C22H32O9. The highest BCUT2D eigenvalue weighted by molar-refractivity contribution is 5.71. The van der Waals surface area contributed by atoms with Crippen molar-refractivity contribution in [1.82, 2.24) is 0 Å². The van der Waals surface area contributed by atoms with Crippen molar-refractivity contribution in [3.63, 3.8) is 0 Å². The Kier molecular flexibility index (Phi) is 8.25. The van der Waals surface area contributed by atoms with Gasteiger partial charge in [-0.25, -0.2) is 0 Å². The fraction of sp³-hybridized carbons (Fsp3) is 0.682. The summed E-state index contributed by atoms with van der Waals surface area (Å²) in [5, 5.41) is 21.4. The molecule has 0 aromatic rings. The van der Waals surface area contributed by atoms with Crippen LogP contribution < -0.4 is 0 Å². The molecule has 4 atom stereocenters. The van der Waals surface area contributed by atoms with E-state index < -0.39 is 48.4 Å². The Morgan fingerprint density at radius 2 is 1.68 bits per heavy atom. The van der Waals surface area contributed by atoms with Gasteiger partial charge in [0.15, 0.2) is 6.10 Å². The van der Waals surface area contributed by atoms with E-state index in [0.29, 0.717) is 11.1 Å². The van der Waals surface area contributed by atoms with Crippen LogP contribution in [0.4, 0.5) is 0 Å². The average molecular weight is 440 g/mol. The molecule has 9 heteroatoms. The number of carbonyl (C=O) groups excluding carboxylic acids is 3. The summed E-state index contributed by atoms with van der Waals surface area (Å²) in [5.41, 5.74) is -1.15. The molecule has 31 heavy (non-hydrogen) atoms. The number of esters is 3. The van der Waals surface area contributed by atoms with Gasteiger partial charge in [0.2, 0.25) is 0 Å². The van der Waals surface area contributed by atoms with Crippen LogP contribution >= 0.6 is 0 Å². The van der Waals surface area contributed by atoms with Crippen LogP contribution in [0.15, 0.2) is 23.5 Å². The maximum Gasteiger partial charge on any atom is 0.309 e. The van der Waals surface area contributed by atoms with E-state index in [1.165, 1.54) is 19.3 Å². The van der Waals surface area contributed by atoms with E-state index in [2.05, 4.69) is 0 Å². The Bertz CT molecular complexity index is 752. The van der Waals surface area contributed by atoms with E-state index >= 15 is 0 Å². The third-order valence-corrected chi connectivity index (χ3v) is 5.02. The van der Waals surface area contributed by atoms with Gasteiger partial charge in [0.25, 0.3) is 6.29 Å². The van der Waals surface area contributed by atoms with Gasteiger partial charge in [0.1, 0.15) is 12.2 Å². The second-order valence-corrected chi connectivity index (χ2v) is 8.77. The highest BCUT2D eigenvalue weighted by Gasteiger charge is 2.58. The monoisotopic (exact) mass is 440 g/mol. The van der Waals surface area contributed by atoms with Crippen molar-refractivity contribution in [3.05, 3.63) is 23.5 Å². The lowest BCUT2D eigenvalue weighted by Gasteiger charge is -2.39. The molecule has 0 saturated carbocycles. The molecule has 2 rings (SSSR count). The fourth-order valence-electron chi connectivity index (χ4n) is 3.59. The number of hydrogen-bond donors (Lipinski definition) is 2. The van der Waals surface area contributed by atoms with Crippen LogP contribution in [0.1, 0.15) is 47.5 Å². The highest BCUT2D eigenvalue weighted by atomic mass is 16.7. The van der Waals surface area contributed by atoms with Gasteiger partial charge in [0.05, 0.1) is 18.8 Å². The molecule has 2 N–H and O–H groups in total. The molecule has 0 saturated heterocycles. The Labute approximate surface area is 182 Å². The Morgan fingerprint density at radius 1 is 1.10 bits per heavy atom. The minimum Gasteiger partial charge on any atom is -0.461 e. The van der Waals surface area contributed by atoms with Gasteiger partial charge < -0.3 is 29.2 Å². The van der Waals surface area contributed by atoms with E-state index in [1.807, 2.05) is 27.7 Å². The van der Waals surface area contributed by atoms with Crippen LogP contribution in [0, 0.1) is 17.8 Å². The van der Waals surface area contributed by atoms with Gasteiger partial charge >= 0.3 is 17.9 Å². The predicted molar refractivity (Wildman–Crippen MR) is 108 cm³/mol. The summed E-state index contributed by atoms with van der Waals surface area (Å²) >= 11 is 0. The van der Waals surface area contributed by atoms with E-state index in [0.717, 1.165) is 0 Å². The number of aliphatic hydroxyl groups excluding tert-OH is 1. The van der Waals surface area contributed by atoms with E-state index in [9.17, 15) is 24.6 Å². The smallest absolute Gasteiger partial charge is 0.309 e. The van der Waals surface area contributed by atoms with Crippen molar-refractivity contribution in [1.29, 1.82) is 0 Å². The SMILES string of the molecule is CC(=O)OCC1=COC(OC(=O)CC(C)C)C2C1=CC(OC(=O)CC(C)C)C2(O)CO. The molecular weight excluding hydrogens is 408 g/mol. The van der Waals surface area contributed by atoms with Crippen molar-refractivity contribution in [3.8, 4) is 0 Å². The number of rotatable bonds is 9. The molecule has 0 aromatic heterocycles. The zero-order chi connectivity index (χ0) is 23.3. The van der Waals surface area contributed by atoms with Crippen LogP contribution in [-0.2, 0) is 33.3 Å². The molecule has 9 nitrogen and oxygen atoms in total. The largest absolute Gasteiger partial charge is 0.461 e. The normalized spacial score (nSPS) is 27.2. The van der Waals surface area contributed by atoms with E-state index in [1.54, 1.807) is 0 Å². The first-order chi connectivity index (χ1) is 14.5. The topological polar surface area (TPSA) is 129 Å². The van der Waals surface area contributed by atoms with Crippen molar-refractivity contribution >= 4 is 17.9 Å². The summed E-state index contributed by atoms with van der Waals surface area (Å²) in [4.78, 5) is 35.7. The molecule has 0 aromatic carbocycles. The lowest BCUT2D eigenvalue weighted by atomic mass is 9.82. The van der Waals surface area contributed by atoms with Gasteiger partial charge in [0, 0.05) is 25.3 Å². The van der Waals surface area contributed by atoms with Gasteiger partial charge in [-0.05, 0) is 23.5 Å². The van der Waals surface area contributed by atoms with E-state index in [-0.39, 0.29) is 31.3 Å². The Morgan fingerprint density at radius 3 is 2.19 bits per heavy atom. The molecule has 1 aliphatic heterocycles. The lowest BCUT2D eigenvalue weighted by molar-refractivity contribution is -0.214. The molecule has 0 radical (unpaired) electrons. The minimum atomic E-state index is -1.99. The standard InChI is InChI=1S/C22H32O9/c1-12(2)6-18(25)30-17-8-16-15(9-28-14(5)24)10-29-21(20(16)22(17,27)11-23)31-19(26)7-13(3)4/h8,10,12-13,17,20-21,23,27H,6-7,9,11H2,1-5H3. The zero-order valence-corrected chi connectivity index (χ0v) is 18.6. The molecule has 1 heterocycles. The van der Waals surface area contributed by atoms with Crippen LogP contribution in [0.25, 0.3) is 0 Å². The van der Waals surface area contributed by atoms with Crippen LogP contribution in [0.3, 0.4) is 0 Å². The first-order valence-corrected chi connectivity index (χ1v) is 10.4.